The van der Waals surface area contributed by atoms with Gasteiger partial charge in [0.05, 0.1) is 6.04 Å². The molecule has 0 saturated carbocycles. The molecule has 0 radical (unpaired) electrons. The van der Waals surface area contributed by atoms with Crippen LogP contribution in [-0.4, -0.2) is 14.6 Å². The van der Waals surface area contributed by atoms with Crippen LogP contribution in [0.25, 0.3) is 5.65 Å². The second-order valence-electron chi connectivity index (χ2n) is 4.51. The first-order valence-electron chi connectivity index (χ1n) is 6.16. The summed E-state index contributed by atoms with van der Waals surface area (Å²) in [4.78, 5) is 4.43. The SMILES string of the molecule is CC(Nc1nc2ccc(Br)cn2n1)c1cccc(Cl)c1. The molecule has 0 aliphatic heterocycles. The topological polar surface area (TPSA) is 42.2 Å². The zero-order valence-electron chi connectivity index (χ0n) is 10.7. The van der Waals surface area contributed by atoms with E-state index in [2.05, 4.69) is 31.3 Å². The number of nitrogens with one attached hydrogen (secondary N) is 1. The first kappa shape index (κ1) is 13.4. The van der Waals surface area contributed by atoms with E-state index in [4.69, 9.17) is 11.6 Å². The van der Waals surface area contributed by atoms with Gasteiger partial charge in [-0.05, 0) is 52.7 Å². The Bertz CT molecular complexity index is 756. The molecule has 102 valence electrons. The molecule has 4 nitrogen and oxygen atoms in total. The van der Waals surface area contributed by atoms with Crippen LogP contribution in [0, 0.1) is 0 Å². The molecular weight excluding hydrogens is 340 g/mol. The Hall–Kier alpha value is -1.59. The molecule has 0 spiro atoms. The fraction of sp³-hybridized carbons (Fsp3) is 0.143. The smallest absolute Gasteiger partial charge is 0.243 e. The van der Waals surface area contributed by atoms with E-state index in [1.807, 2.05) is 49.5 Å². The molecule has 1 N–H and O–H groups in total. The number of halogens is 2. The minimum absolute atomic E-state index is 0.0783. The van der Waals surface area contributed by atoms with Crippen LogP contribution >= 0.6 is 27.5 Å². The predicted molar refractivity (Wildman–Crippen MR) is 84.2 cm³/mol. The summed E-state index contributed by atoms with van der Waals surface area (Å²) < 4.78 is 2.70. The van der Waals surface area contributed by atoms with Crippen molar-refractivity contribution in [1.82, 2.24) is 14.6 Å². The number of hydrogen-bond acceptors (Lipinski definition) is 3. The average Bonchev–Trinajstić information content (AvgIpc) is 2.80. The molecule has 2 aromatic heterocycles. The summed E-state index contributed by atoms with van der Waals surface area (Å²) in [5, 5.41) is 8.40. The van der Waals surface area contributed by atoms with Crippen molar-refractivity contribution in [3.8, 4) is 0 Å². The number of hydrogen-bond donors (Lipinski definition) is 1. The van der Waals surface area contributed by atoms with Gasteiger partial charge in [-0.15, -0.1) is 5.10 Å². The lowest BCUT2D eigenvalue weighted by Gasteiger charge is -2.12. The number of benzene rings is 1. The van der Waals surface area contributed by atoms with Gasteiger partial charge in [-0.3, -0.25) is 0 Å². The van der Waals surface area contributed by atoms with E-state index in [0.717, 1.165) is 20.7 Å². The standard InChI is InChI=1S/C14H12BrClN4/c1-9(10-3-2-4-12(16)7-10)17-14-18-13-6-5-11(15)8-20(13)19-14/h2-9H,1H3,(H,17,19). The maximum absolute atomic E-state index is 6.01. The zero-order chi connectivity index (χ0) is 14.1. The van der Waals surface area contributed by atoms with Crippen molar-refractivity contribution in [3.63, 3.8) is 0 Å². The van der Waals surface area contributed by atoms with Gasteiger partial charge in [0, 0.05) is 15.7 Å². The third kappa shape index (κ3) is 2.78. The summed E-state index contributed by atoms with van der Waals surface area (Å²) >= 11 is 9.42. The molecule has 0 aliphatic rings. The van der Waals surface area contributed by atoms with E-state index in [9.17, 15) is 0 Å². The highest BCUT2D eigenvalue weighted by Gasteiger charge is 2.09. The number of rotatable bonds is 3. The summed E-state index contributed by atoms with van der Waals surface area (Å²) in [7, 11) is 0. The van der Waals surface area contributed by atoms with Gasteiger partial charge < -0.3 is 5.32 Å². The maximum atomic E-state index is 6.01. The second kappa shape index (κ2) is 5.42. The van der Waals surface area contributed by atoms with Gasteiger partial charge in [-0.1, -0.05) is 23.7 Å². The quantitative estimate of drug-likeness (QED) is 0.764. The van der Waals surface area contributed by atoms with Crippen LogP contribution in [0.3, 0.4) is 0 Å². The fourth-order valence-electron chi connectivity index (χ4n) is 1.97. The monoisotopic (exact) mass is 350 g/mol. The number of fused-ring (bicyclic) bond motifs is 1. The lowest BCUT2D eigenvalue weighted by molar-refractivity contribution is 0.852. The molecule has 20 heavy (non-hydrogen) atoms. The zero-order valence-corrected chi connectivity index (χ0v) is 13.1. The van der Waals surface area contributed by atoms with E-state index >= 15 is 0 Å². The Morgan fingerprint density at radius 3 is 2.95 bits per heavy atom. The van der Waals surface area contributed by atoms with Gasteiger partial charge in [0.1, 0.15) is 0 Å². The molecule has 1 unspecified atom stereocenters. The molecule has 3 rings (SSSR count). The number of pyridine rings is 1. The van der Waals surface area contributed by atoms with Gasteiger partial charge >= 0.3 is 0 Å². The van der Waals surface area contributed by atoms with Crippen molar-refractivity contribution in [1.29, 1.82) is 0 Å². The van der Waals surface area contributed by atoms with E-state index in [-0.39, 0.29) is 6.04 Å². The lowest BCUT2D eigenvalue weighted by Crippen LogP contribution is -2.07. The third-order valence-electron chi connectivity index (χ3n) is 2.99. The first-order chi connectivity index (χ1) is 9.61. The Labute approximate surface area is 129 Å². The van der Waals surface area contributed by atoms with Gasteiger partial charge in [-0.2, -0.15) is 4.98 Å². The van der Waals surface area contributed by atoms with Crippen LogP contribution in [0.15, 0.2) is 47.1 Å². The van der Waals surface area contributed by atoms with Crippen molar-refractivity contribution in [2.75, 3.05) is 5.32 Å². The molecule has 0 amide bonds. The second-order valence-corrected chi connectivity index (χ2v) is 5.86. The van der Waals surface area contributed by atoms with Crippen LogP contribution in [0.2, 0.25) is 5.02 Å². The predicted octanol–water partition coefficient (Wildman–Crippen LogP) is 4.32. The van der Waals surface area contributed by atoms with Gasteiger partial charge in [-0.25, -0.2) is 4.52 Å². The summed E-state index contributed by atoms with van der Waals surface area (Å²) in [6, 6.07) is 11.7. The Kier molecular flexibility index (Phi) is 3.63. The molecular formula is C14H12BrClN4. The van der Waals surface area contributed by atoms with Gasteiger partial charge in [0.15, 0.2) is 5.65 Å². The van der Waals surface area contributed by atoms with Gasteiger partial charge in [0.25, 0.3) is 0 Å². The maximum Gasteiger partial charge on any atom is 0.243 e. The molecule has 0 bridgehead atoms. The van der Waals surface area contributed by atoms with Crippen molar-refractivity contribution >= 4 is 39.1 Å². The van der Waals surface area contributed by atoms with E-state index in [1.165, 1.54) is 0 Å². The first-order valence-corrected chi connectivity index (χ1v) is 7.33. The number of anilines is 1. The summed E-state index contributed by atoms with van der Waals surface area (Å²) in [6.07, 6.45) is 1.87. The van der Waals surface area contributed by atoms with Crippen LogP contribution in [-0.2, 0) is 0 Å². The average molecular weight is 352 g/mol. The Morgan fingerprint density at radius 1 is 1.30 bits per heavy atom. The number of nitrogens with zero attached hydrogens (tertiary/aromatic N) is 3. The third-order valence-corrected chi connectivity index (χ3v) is 3.69. The molecule has 1 atom stereocenters. The van der Waals surface area contributed by atoms with E-state index < -0.39 is 0 Å². The molecule has 0 fully saturated rings. The van der Waals surface area contributed by atoms with Crippen LogP contribution in [0.5, 0.6) is 0 Å². The molecule has 1 aromatic carbocycles. The van der Waals surface area contributed by atoms with Crippen LogP contribution in [0.4, 0.5) is 5.95 Å². The molecule has 6 heteroatoms. The highest BCUT2D eigenvalue weighted by Crippen LogP contribution is 2.21. The van der Waals surface area contributed by atoms with Crippen LogP contribution < -0.4 is 5.32 Å². The highest BCUT2D eigenvalue weighted by molar-refractivity contribution is 9.10. The van der Waals surface area contributed by atoms with Crippen molar-refractivity contribution in [3.05, 3.63) is 57.7 Å². The Balaban J connectivity index is 1.85. The van der Waals surface area contributed by atoms with Crippen molar-refractivity contribution < 1.29 is 0 Å². The molecule has 0 saturated heterocycles. The van der Waals surface area contributed by atoms with Crippen molar-refractivity contribution in [2.45, 2.75) is 13.0 Å². The van der Waals surface area contributed by atoms with Crippen LogP contribution in [0.1, 0.15) is 18.5 Å². The summed E-state index contributed by atoms with van der Waals surface area (Å²) in [6.45, 7) is 2.05. The lowest BCUT2D eigenvalue weighted by atomic mass is 10.1. The largest absolute Gasteiger partial charge is 0.346 e. The summed E-state index contributed by atoms with van der Waals surface area (Å²) in [5.41, 5.74) is 1.89. The molecule has 0 aliphatic carbocycles. The highest BCUT2D eigenvalue weighted by atomic mass is 79.9. The molecule has 3 aromatic rings. The van der Waals surface area contributed by atoms with E-state index in [1.54, 1.807) is 4.52 Å². The summed E-state index contributed by atoms with van der Waals surface area (Å²) in [5.74, 6) is 0.593. The van der Waals surface area contributed by atoms with Gasteiger partial charge in [0.2, 0.25) is 5.95 Å². The number of aromatic nitrogens is 3. The van der Waals surface area contributed by atoms with Crippen molar-refractivity contribution in [2.24, 2.45) is 0 Å². The minimum atomic E-state index is 0.0783. The van der Waals surface area contributed by atoms with E-state index in [0.29, 0.717) is 5.95 Å². The minimum Gasteiger partial charge on any atom is -0.346 e. The fourth-order valence-corrected chi connectivity index (χ4v) is 2.50. The molecule has 2 heterocycles. The normalized spacial score (nSPS) is 12.6. The Morgan fingerprint density at radius 2 is 2.15 bits per heavy atom.